The van der Waals surface area contributed by atoms with Crippen molar-refractivity contribution in [1.29, 1.82) is 0 Å². The van der Waals surface area contributed by atoms with Crippen LogP contribution in [0.3, 0.4) is 0 Å². The fraction of sp³-hybridized carbons (Fsp3) is 0.333. The summed E-state index contributed by atoms with van der Waals surface area (Å²) >= 11 is 0. The molecular weight excluding hydrogens is 193 g/mol. The molecule has 1 aromatic heterocycles. The van der Waals surface area contributed by atoms with Crippen molar-refractivity contribution in [3.63, 3.8) is 0 Å². The lowest BCUT2D eigenvalue weighted by Gasteiger charge is -2.19. The van der Waals surface area contributed by atoms with Gasteiger partial charge in [-0.25, -0.2) is 4.39 Å². The van der Waals surface area contributed by atoms with Crippen molar-refractivity contribution in [2.24, 2.45) is 5.73 Å². The van der Waals surface area contributed by atoms with E-state index in [-0.39, 0.29) is 5.82 Å². The number of furan rings is 1. The first-order valence-electron chi connectivity index (χ1n) is 4.91. The van der Waals surface area contributed by atoms with Gasteiger partial charge in [-0.2, -0.15) is 0 Å². The first-order valence-corrected chi connectivity index (χ1v) is 4.91. The van der Waals surface area contributed by atoms with Crippen molar-refractivity contribution in [3.05, 3.63) is 35.8 Å². The van der Waals surface area contributed by atoms with E-state index >= 15 is 0 Å². The molecule has 0 amide bonds. The highest BCUT2D eigenvalue weighted by atomic mass is 19.1. The number of rotatable bonds is 2. The molecule has 0 atom stereocenters. The highest BCUT2D eigenvalue weighted by Crippen LogP contribution is 2.25. The standard InChI is InChI=1S/C12H14FNO/c1-12(2,14)7-9-8-5-6-15-11(8)4-3-10(9)13/h3-6H,7,14H2,1-2H3. The molecule has 2 nitrogen and oxygen atoms in total. The van der Waals surface area contributed by atoms with Crippen LogP contribution in [0.5, 0.6) is 0 Å². The van der Waals surface area contributed by atoms with Crippen LogP contribution >= 0.6 is 0 Å². The first kappa shape index (κ1) is 10.2. The summed E-state index contributed by atoms with van der Waals surface area (Å²) in [7, 11) is 0. The maximum absolute atomic E-state index is 13.6. The highest BCUT2D eigenvalue weighted by Gasteiger charge is 2.17. The number of hydrogen-bond donors (Lipinski definition) is 1. The molecule has 0 radical (unpaired) electrons. The SMILES string of the molecule is CC(C)(N)Cc1c(F)ccc2occc12. The van der Waals surface area contributed by atoms with Gasteiger partial charge in [0.2, 0.25) is 0 Å². The molecule has 2 rings (SSSR count). The Balaban J connectivity index is 2.56. The number of nitrogens with two attached hydrogens (primary N) is 1. The largest absolute Gasteiger partial charge is 0.464 e. The van der Waals surface area contributed by atoms with Crippen LogP contribution < -0.4 is 5.73 Å². The van der Waals surface area contributed by atoms with Gasteiger partial charge in [-0.15, -0.1) is 0 Å². The molecule has 0 saturated carbocycles. The molecule has 0 unspecified atom stereocenters. The summed E-state index contributed by atoms with van der Waals surface area (Å²) in [6, 6.07) is 4.84. The third kappa shape index (κ3) is 2.02. The average Bonchev–Trinajstić information content (AvgIpc) is 2.56. The molecule has 1 heterocycles. The summed E-state index contributed by atoms with van der Waals surface area (Å²) in [5, 5.41) is 0.813. The molecule has 80 valence electrons. The molecule has 0 saturated heterocycles. The van der Waals surface area contributed by atoms with Gasteiger partial charge in [0, 0.05) is 16.5 Å². The van der Waals surface area contributed by atoms with Crippen LogP contribution in [0.15, 0.2) is 28.9 Å². The molecule has 0 aliphatic heterocycles. The lowest BCUT2D eigenvalue weighted by atomic mass is 9.94. The number of benzene rings is 1. The highest BCUT2D eigenvalue weighted by molar-refractivity contribution is 5.81. The smallest absolute Gasteiger partial charge is 0.134 e. The fourth-order valence-corrected chi connectivity index (χ4v) is 1.71. The first-order chi connectivity index (χ1) is 6.97. The van der Waals surface area contributed by atoms with Gasteiger partial charge in [0.1, 0.15) is 11.4 Å². The van der Waals surface area contributed by atoms with Crippen LogP contribution in [-0.2, 0) is 6.42 Å². The van der Waals surface area contributed by atoms with Gasteiger partial charge in [0.15, 0.2) is 0 Å². The molecule has 1 aromatic carbocycles. The zero-order valence-electron chi connectivity index (χ0n) is 8.88. The van der Waals surface area contributed by atoms with E-state index in [0.717, 1.165) is 5.39 Å². The lowest BCUT2D eigenvalue weighted by Crippen LogP contribution is -2.34. The van der Waals surface area contributed by atoms with Crippen molar-refractivity contribution in [2.75, 3.05) is 0 Å². The maximum atomic E-state index is 13.6. The van der Waals surface area contributed by atoms with Gasteiger partial charge in [-0.05, 0) is 38.5 Å². The predicted octanol–water partition coefficient (Wildman–Crippen LogP) is 2.85. The quantitative estimate of drug-likeness (QED) is 0.822. The van der Waals surface area contributed by atoms with E-state index in [1.165, 1.54) is 6.07 Å². The Morgan fingerprint density at radius 2 is 2.07 bits per heavy atom. The minimum Gasteiger partial charge on any atom is -0.464 e. The molecule has 0 bridgehead atoms. The van der Waals surface area contributed by atoms with Gasteiger partial charge in [-0.3, -0.25) is 0 Å². The predicted molar refractivity (Wildman–Crippen MR) is 58.1 cm³/mol. The van der Waals surface area contributed by atoms with E-state index in [4.69, 9.17) is 10.2 Å². The molecule has 15 heavy (non-hydrogen) atoms. The number of hydrogen-bond acceptors (Lipinski definition) is 2. The third-order valence-electron chi connectivity index (χ3n) is 2.32. The molecule has 2 N–H and O–H groups in total. The summed E-state index contributed by atoms with van der Waals surface area (Å²) in [6.07, 6.45) is 2.06. The van der Waals surface area contributed by atoms with Crippen molar-refractivity contribution < 1.29 is 8.81 Å². The third-order valence-corrected chi connectivity index (χ3v) is 2.32. The summed E-state index contributed by atoms with van der Waals surface area (Å²) < 4.78 is 18.9. The van der Waals surface area contributed by atoms with Crippen LogP contribution in [0, 0.1) is 5.82 Å². The van der Waals surface area contributed by atoms with Gasteiger partial charge >= 0.3 is 0 Å². The van der Waals surface area contributed by atoms with E-state index in [2.05, 4.69) is 0 Å². The zero-order valence-corrected chi connectivity index (χ0v) is 8.88. The van der Waals surface area contributed by atoms with Crippen molar-refractivity contribution in [3.8, 4) is 0 Å². The van der Waals surface area contributed by atoms with Gasteiger partial charge < -0.3 is 10.2 Å². The van der Waals surface area contributed by atoms with E-state index < -0.39 is 5.54 Å². The second-order valence-electron chi connectivity index (χ2n) is 4.52. The van der Waals surface area contributed by atoms with Gasteiger partial charge in [0.25, 0.3) is 0 Å². The Bertz CT molecular complexity index is 482. The van der Waals surface area contributed by atoms with Crippen LogP contribution in [0.1, 0.15) is 19.4 Å². The van der Waals surface area contributed by atoms with E-state index in [1.54, 1.807) is 18.4 Å². The normalized spacial score (nSPS) is 12.3. The zero-order chi connectivity index (χ0) is 11.1. The lowest BCUT2D eigenvalue weighted by molar-refractivity contribution is 0.499. The van der Waals surface area contributed by atoms with Gasteiger partial charge in [0.05, 0.1) is 6.26 Å². The van der Waals surface area contributed by atoms with Crippen LogP contribution in [0.4, 0.5) is 4.39 Å². The van der Waals surface area contributed by atoms with Crippen molar-refractivity contribution >= 4 is 11.0 Å². The molecule has 0 aliphatic rings. The van der Waals surface area contributed by atoms with Crippen LogP contribution in [0.2, 0.25) is 0 Å². The van der Waals surface area contributed by atoms with E-state index in [9.17, 15) is 4.39 Å². The summed E-state index contributed by atoms with van der Waals surface area (Å²) in [5.41, 5.74) is 6.81. The number of halogens is 1. The van der Waals surface area contributed by atoms with E-state index in [1.807, 2.05) is 13.8 Å². The fourth-order valence-electron chi connectivity index (χ4n) is 1.71. The summed E-state index contributed by atoms with van der Waals surface area (Å²) in [5.74, 6) is -0.220. The Kier molecular flexibility index (Phi) is 2.27. The molecule has 2 aromatic rings. The van der Waals surface area contributed by atoms with Crippen LogP contribution in [-0.4, -0.2) is 5.54 Å². The summed E-state index contributed by atoms with van der Waals surface area (Å²) in [6.45, 7) is 3.76. The molecule has 3 heteroatoms. The monoisotopic (exact) mass is 207 g/mol. The van der Waals surface area contributed by atoms with Crippen molar-refractivity contribution in [1.82, 2.24) is 0 Å². The molecule has 0 fully saturated rings. The second kappa shape index (κ2) is 3.35. The molecular formula is C12H14FNO. The Labute approximate surface area is 87.9 Å². The minimum absolute atomic E-state index is 0.220. The molecule has 0 spiro atoms. The number of fused-ring (bicyclic) bond motifs is 1. The topological polar surface area (TPSA) is 39.2 Å². The Hall–Kier alpha value is -1.35. The van der Waals surface area contributed by atoms with E-state index in [0.29, 0.717) is 17.6 Å². The molecule has 0 aliphatic carbocycles. The minimum atomic E-state index is -0.424. The van der Waals surface area contributed by atoms with Crippen molar-refractivity contribution in [2.45, 2.75) is 25.8 Å². The summed E-state index contributed by atoms with van der Waals surface area (Å²) in [4.78, 5) is 0. The Morgan fingerprint density at radius 3 is 2.73 bits per heavy atom. The second-order valence-corrected chi connectivity index (χ2v) is 4.52. The van der Waals surface area contributed by atoms with Gasteiger partial charge in [-0.1, -0.05) is 0 Å². The van der Waals surface area contributed by atoms with Crippen LogP contribution in [0.25, 0.3) is 11.0 Å². The average molecular weight is 207 g/mol. The Morgan fingerprint density at radius 1 is 1.33 bits per heavy atom. The maximum Gasteiger partial charge on any atom is 0.134 e.